The van der Waals surface area contributed by atoms with Gasteiger partial charge in [0.25, 0.3) is 0 Å². The first-order valence-electron chi connectivity index (χ1n) is 8.42. The molecule has 26 heavy (non-hydrogen) atoms. The van der Waals surface area contributed by atoms with Crippen LogP contribution in [0, 0.1) is 5.92 Å². The van der Waals surface area contributed by atoms with Crippen LogP contribution in [0.15, 0.2) is 36.7 Å². The molecule has 0 fully saturated rings. The van der Waals surface area contributed by atoms with Crippen molar-refractivity contribution >= 4 is 6.03 Å². The molecule has 1 aromatic carbocycles. The fraction of sp³-hybridized carbons (Fsp3) is 0.444. The van der Waals surface area contributed by atoms with Gasteiger partial charge in [0.15, 0.2) is 0 Å². The van der Waals surface area contributed by atoms with Gasteiger partial charge in [-0.2, -0.15) is 5.10 Å². The number of carbonyl (C=O) groups excluding carboxylic acids is 1. The Morgan fingerprint density at radius 1 is 1.27 bits per heavy atom. The zero-order valence-electron chi connectivity index (χ0n) is 15.3. The molecule has 142 valence electrons. The smallest absolute Gasteiger partial charge is 0.314 e. The molecule has 0 aliphatic rings. The van der Waals surface area contributed by atoms with Crippen LogP contribution in [0.3, 0.4) is 0 Å². The fourth-order valence-electron chi connectivity index (χ4n) is 2.52. The lowest BCUT2D eigenvalue weighted by Crippen LogP contribution is -2.40. The summed E-state index contributed by atoms with van der Waals surface area (Å²) in [6.07, 6.45) is 2.70. The van der Waals surface area contributed by atoms with Crippen LogP contribution >= 0.6 is 0 Å². The predicted octanol–water partition coefficient (Wildman–Crippen LogP) is 1.57. The van der Waals surface area contributed by atoms with Crippen molar-refractivity contribution in [2.75, 3.05) is 27.3 Å². The van der Waals surface area contributed by atoms with E-state index in [0.29, 0.717) is 23.6 Å². The van der Waals surface area contributed by atoms with Gasteiger partial charge in [-0.3, -0.25) is 4.68 Å². The van der Waals surface area contributed by atoms with Crippen molar-refractivity contribution in [3.8, 4) is 11.5 Å². The lowest BCUT2D eigenvalue weighted by atomic mass is 10.1. The molecule has 8 heteroatoms. The molecule has 0 spiro atoms. The van der Waals surface area contributed by atoms with Crippen LogP contribution in [0.4, 0.5) is 4.79 Å². The van der Waals surface area contributed by atoms with E-state index in [2.05, 4.69) is 15.7 Å². The zero-order valence-corrected chi connectivity index (χ0v) is 15.3. The molecule has 0 radical (unpaired) electrons. The minimum Gasteiger partial charge on any atom is -0.497 e. The molecule has 1 aromatic heterocycles. The second kappa shape index (κ2) is 9.67. The molecule has 0 saturated carbocycles. The number of carbonyl (C=O) groups is 1. The zero-order chi connectivity index (χ0) is 18.9. The number of aliphatic hydroxyl groups excluding tert-OH is 1. The van der Waals surface area contributed by atoms with E-state index in [1.807, 2.05) is 23.9 Å². The number of rotatable bonds is 9. The number of urea groups is 1. The van der Waals surface area contributed by atoms with Gasteiger partial charge in [-0.05, 0) is 30.2 Å². The van der Waals surface area contributed by atoms with Crippen molar-refractivity contribution in [1.82, 2.24) is 20.4 Å². The normalized spacial score (nSPS) is 12.9. The Morgan fingerprint density at radius 3 is 2.69 bits per heavy atom. The topological polar surface area (TPSA) is 97.6 Å². The first-order chi connectivity index (χ1) is 12.5. The Labute approximate surface area is 153 Å². The quantitative estimate of drug-likeness (QED) is 0.629. The molecule has 1 heterocycles. The van der Waals surface area contributed by atoms with Gasteiger partial charge in [-0.25, -0.2) is 4.79 Å². The predicted molar refractivity (Wildman–Crippen MR) is 97.3 cm³/mol. The highest BCUT2D eigenvalue weighted by molar-refractivity contribution is 5.73. The van der Waals surface area contributed by atoms with E-state index in [1.165, 1.54) is 7.11 Å². The SMILES string of the molecule is COc1ccc(OC)c(C(O)CNC(=O)NCC(C)Cn2cccn2)c1. The molecule has 0 saturated heterocycles. The van der Waals surface area contributed by atoms with Gasteiger partial charge in [0.2, 0.25) is 0 Å². The minimum atomic E-state index is -0.910. The molecule has 0 aliphatic carbocycles. The number of nitrogens with zero attached hydrogens (tertiary/aromatic N) is 2. The van der Waals surface area contributed by atoms with E-state index in [4.69, 9.17) is 9.47 Å². The third-order valence-corrected chi connectivity index (χ3v) is 3.92. The van der Waals surface area contributed by atoms with Gasteiger partial charge in [0, 0.05) is 37.6 Å². The van der Waals surface area contributed by atoms with Crippen molar-refractivity contribution in [2.45, 2.75) is 19.6 Å². The number of ether oxygens (including phenoxy) is 2. The number of nitrogens with one attached hydrogen (secondary N) is 2. The highest BCUT2D eigenvalue weighted by atomic mass is 16.5. The van der Waals surface area contributed by atoms with Gasteiger partial charge in [-0.15, -0.1) is 0 Å². The van der Waals surface area contributed by atoms with Crippen LogP contribution in [0.5, 0.6) is 11.5 Å². The molecule has 2 amide bonds. The van der Waals surface area contributed by atoms with Gasteiger partial charge in [0.05, 0.1) is 14.2 Å². The lowest BCUT2D eigenvalue weighted by molar-refractivity contribution is 0.168. The molecule has 8 nitrogen and oxygen atoms in total. The van der Waals surface area contributed by atoms with Crippen molar-refractivity contribution in [3.63, 3.8) is 0 Å². The average molecular weight is 362 g/mol. The Hall–Kier alpha value is -2.74. The summed E-state index contributed by atoms with van der Waals surface area (Å²) in [5, 5.41) is 20.0. The Morgan fingerprint density at radius 2 is 2.04 bits per heavy atom. The summed E-state index contributed by atoms with van der Waals surface area (Å²) in [6, 6.07) is 6.68. The number of benzene rings is 1. The molecule has 3 N–H and O–H groups in total. The first kappa shape index (κ1) is 19.6. The molecule has 2 rings (SSSR count). The fourth-order valence-corrected chi connectivity index (χ4v) is 2.52. The Bertz CT molecular complexity index is 691. The summed E-state index contributed by atoms with van der Waals surface area (Å²) in [5.74, 6) is 1.37. The second-order valence-electron chi connectivity index (χ2n) is 6.05. The Balaban J connectivity index is 1.79. The van der Waals surface area contributed by atoms with Crippen molar-refractivity contribution < 1.29 is 19.4 Å². The van der Waals surface area contributed by atoms with E-state index in [1.54, 1.807) is 31.5 Å². The van der Waals surface area contributed by atoms with Crippen LogP contribution in [-0.4, -0.2) is 48.2 Å². The van der Waals surface area contributed by atoms with E-state index in [-0.39, 0.29) is 18.5 Å². The van der Waals surface area contributed by atoms with Gasteiger partial charge < -0.3 is 25.2 Å². The molecule has 2 atom stereocenters. The lowest BCUT2D eigenvalue weighted by Gasteiger charge is -2.17. The second-order valence-corrected chi connectivity index (χ2v) is 6.05. The number of hydrogen-bond donors (Lipinski definition) is 3. The molecule has 0 aliphatic heterocycles. The molecular formula is C18H26N4O4. The van der Waals surface area contributed by atoms with Gasteiger partial charge in [0.1, 0.15) is 17.6 Å². The number of methoxy groups -OCH3 is 2. The standard InChI is InChI=1S/C18H26N4O4/c1-13(12-22-8-4-7-21-22)10-19-18(24)20-11-16(23)15-9-14(25-2)5-6-17(15)26-3/h4-9,13,16,23H,10-12H2,1-3H3,(H2,19,20,24). The maximum Gasteiger partial charge on any atom is 0.314 e. The minimum absolute atomic E-state index is 0.0584. The maximum atomic E-state index is 12.0. The summed E-state index contributed by atoms with van der Waals surface area (Å²) in [5.41, 5.74) is 0.555. The Kier molecular flexibility index (Phi) is 7.28. The van der Waals surface area contributed by atoms with Crippen LogP contribution in [-0.2, 0) is 6.54 Å². The van der Waals surface area contributed by atoms with Gasteiger partial charge >= 0.3 is 6.03 Å². The monoisotopic (exact) mass is 362 g/mol. The highest BCUT2D eigenvalue weighted by Crippen LogP contribution is 2.28. The first-order valence-corrected chi connectivity index (χ1v) is 8.42. The molecule has 0 bridgehead atoms. The summed E-state index contributed by atoms with van der Waals surface area (Å²) in [7, 11) is 3.08. The largest absolute Gasteiger partial charge is 0.497 e. The maximum absolute atomic E-state index is 12.0. The van der Waals surface area contributed by atoms with Crippen LogP contribution in [0.1, 0.15) is 18.6 Å². The number of hydrogen-bond acceptors (Lipinski definition) is 5. The third-order valence-electron chi connectivity index (χ3n) is 3.92. The van der Waals surface area contributed by atoms with E-state index < -0.39 is 6.10 Å². The summed E-state index contributed by atoms with van der Waals surface area (Å²) in [6.45, 7) is 3.31. The van der Waals surface area contributed by atoms with Crippen molar-refractivity contribution in [1.29, 1.82) is 0 Å². The van der Waals surface area contributed by atoms with Crippen LogP contribution in [0.2, 0.25) is 0 Å². The molecular weight excluding hydrogens is 336 g/mol. The summed E-state index contributed by atoms with van der Waals surface area (Å²) in [4.78, 5) is 12.0. The summed E-state index contributed by atoms with van der Waals surface area (Å²) < 4.78 is 12.2. The highest BCUT2D eigenvalue weighted by Gasteiger charge is 2.16. The van der Waals surface area contributed by atoms with E-state index >= 15 is 0 Å². The van der Waals surface area contributed by atoms with E-state index in [0.717, 1.165) is 6.54 Å². The number of amides is 2. The van der Waals surface area contributed by atoms with E-state index in [9.17, 15) is 9.90 Å². The van der Waals surface area contributed by atoms with Crippen LogP contribution in [0.25, 0.3) is 0 Å². The molecule has 2 unspecified atom stereocenters. The van der Waals surface area contributed by atoms with Crippen molar-refractivity contribution in [2.24, 2.45) is 5.92 Å². The number of aromatic nitrogens is 2. The van der Waals surface area contributed by atoms with Crippen molar-refractivity contribution in [3.05, 3.63) is 42.2 Å². The molecule has 2 aromatic rings. The van der Waals surface area contributed by atoms with Gasteiger partial charge in [-0.1, -0.05) is 6.92 Å². The van der Waals surface area contributed by atoms with Crippen LogP contribution < -0.4 is 20.1 Å². The summed E-state index contributed by atoms with van der Waals surface area (Å²) >= 11 is 0. The number of aliphatic hydroxyl groups is 1. The third kappa shape index (κ3) is 5.66. The average Bonchev–Trinajstić information content (AvgIpc) is 3.16.